The number of hydrogen-bond acceptors (Lipinski definition) is 6. The van der Waals surface area contributed by atoms with Crippen LogP contribution in [0, 0.1) is 5.82 Å². The number of carbonyl (C=O) groups is 1. The molecule has 0 spiro atoms. The summed E-state index contributed by atoms with van der Waals surface area (Å²) in [4.78, 5) is 27.0. The van der Waals surface area contributed by atoms with Crippen LogP contribution in [0.2, 0.25) is 0 Å². The number of hydrogen-bond donors (Lipinski definition) is 1. The second-order valence-electron chi connectivity index (χ2n) is 7.16. The number of halogens is 1. The number of aromatic nitrogens is 3. The third-order valence-corrected chi connectivity index (χ3v) is 5.85. The maximum atomic E-state index is 13.1. The fraction of sp³-hybridized carbons (Fsp3) is 0.300. The number of rotatable bonds is 4. The molecule has 0 unspecified atom stereocenters. The Labute approximate surface area is 170 Å². The van der Waals surface area contributed by atoms with Gasteiger partial charge in [-0.3, -0.25) is 9.59 Å². The highest BCUT2D eigenvalue weighted by Crippen LogP contribution is 2.28. The van der Waals surface area contributed by atoms with Crippen LogP contribution in [0.25, 0.3) is 10.6 Å². The van der Waals surface area contributed by atoms with E-state index in [2.05, 4.69) is 10.2 Å². The third-order valence-electron chi connectivity index (χ3n) is 4.89. The number of fused-ring (bicyclic) bond motifs is 1. The minimum Gasteiger partial charge on any atom is -0.503 e. The Bertz CT molecular complexity index is 1140. The average Bonchev–Trinajstić information content (AvgIpc) is 3.14. The van der Waals surface area contributed by atoms with Gasteiger partial charge in [-0.1, -0.05) is 23.5 Å². The topological polar surface area (TPSA) is 88.3 Å². The van der Waals surface area contributed by atoms with E-state index in [0.717, 1.165) is 5.56 Å². The lowest BCUT2D eigenvalue weighted by molar-refractivity contribution is 0.0642. The number of aromatic hydroxyl groups is 1. The number of nitrogens with zero attached hydrogens (tertiary/aromatic N) is 4. The van der Waals surface area contributed by atoms with Gasteiger partial charge in [0.25, 0.3) is 5.91 Å². The molecule has 1 N–H and O–H groups in total. The van der Waals surface area contributed by atoms with Gasteiger partial charge < -0.3 is 14.6 Å². The van der Waals surface area contributed by atoms with E-state index in [0.29, 0.717) is 29.5 Å². The Balaban J connectivity index is 1.68. The van der Waals surface area contributed by atoms with Crippen molar-refractivity contribution in [2.75, 3.05) is 6.54 Å². The minimum absolute atomic E-state index is 0.00903. The van der Waals surface area contributed by atoms with Gasteiger partial charge in [0, 0.05) is 31.7 Å². The minimum atomic E-state index is -0.639. The number of carbonyl (C=O) groups excluding carboxylic acids is 1. The molecule has 1 amide bonds. The van der Waals surface area contributed by atoms with E-state index in [1.807, 2.05) is 13.8 Å². The molecule has 1 aliphatic heterocycles. The average molecular weight is 414 g/mol. The molecule has 4 rings (SSSR count). The predicted molar refractivity (Wildman–Crippen MR) is 107 cm³/mol. The van der Waals surface area contributed by atoms with Crippen LogP contribution >= 0.6 is 11.3 Å². The van der Waals surface area contributed by atoms with Crippen LogP contribution in [0.3, 0.4) is 0 Å². The zero-order valence-electron chi connectivity index (χ0n) is 15.9. The van der Waals surface area contributed by atoms with E-state index in [1.54, 1.807) is 27.8 Å². The monoisotopic (exact) mass is 414 g/mol. The van der Waals surface area contributed by atoms with Crippen LogP contribution in [0.5, 0.6) is 5.75 Å². The molecule has 0 fully saturated rings. The van der Waals surface area contributed by atoms with Crippen LogP contribution in [-0.4, -0.2) is 43.3 Å². The first-order valence-electron chi connectivity index (χ1n) is 9.19. The zero-order valence-corrected chi connectivity index (χ0v) is 16.7. The summed E-state index contributed by atoms with van der Waals surface area (Å²) in [5.74, 6) is -1.23. The van der Waals surface area contributed by atoms with Gasteiger partial charge in [-0.25, -0.2) is 4.39 Å². The van der Waals surface area contributed by atoms with Crippen LogP contribution in [0.15, 0.2) is 35.3 Å². The van der Waals surface area contributed by atoms with E-state index >= 15 is 0 Å². The van der Waals surface area contributed by atoms with Crippen molar-refractivity contribution in [1.29, 1.82) is 0 Å². The van der Waals surface area contributed by atoms with Crippen LogP contribution in [0.1, 0.15) is 34.9 Å². The summed E-state index contributed by atoms with van der Waals surface area (Å²) in [7, 11) is 0. The molecule has 0 saturated carbocycles. The summed E-state index contributed by atoms with van der Waals surface area (Å²) in [5.41, 5.74) is 0.452. The van der Waals surface area contributed by atoms with Crippen molar-refractivity contribution < 1.29 is 14.3 Å². The summed E-state index contributed by atoms with van der Waals surface area (Å²) < 4.78 is 14.7. The van der Waals surface area contributed by atoms with Crippen LogP contribution in [-0.2, 0) is 13.0 Å². The molecule has 0 atom stereocenters. The molecule has 29 heavy (non-hydrogen) atoms. The van der Waals surface area contributed by atoms with Crippen molar-refractivity contribution in [1.82, 2.24) is 19.7 Å². The van der Waals surface area contributed by atoms with E-state index < -0.39 is 11.2 Å². The fourth-order valence-corrected chi connectivity index (χ4v) is 4.24. The van der Waals surface area contributed by atoms with Crippen LogP contribution < -0.4 is 5.43 Å². The smallest absolute Gasteiger partial charge is 0.274 e. The number of amides is 1. The standard InChI is InChI=1S/C20H19FN4O3S/c1-11(2)25-8-7-24-10-14(17(26)18(27)16(24)20(25)28)19-23-22-15(29-19)9-12-3-5-13(21)6-4-12/h3-6,10-11,27H,7-9H2,1-2H3. The molecule has 9 heteroatoms. The van der Waals surface area contributed by atoms with Gasteiger partial charge in [0.15, 0.2) is 16.5 Å². The van der Waals surface area contributed by atoms with Crippen molar-refractivity contribution in [3.8, 4) is 16.3 Å². The highest BCUT2D eigenvalue weighted by atomic mass is 32.1. The van der Waals surface area contributed by atoms with E-state index in [9.17, 15) is 19.1 Å². The molecule has 0 saturated heterocycles. The molecule has 0 radical (unpaired) electrons. The van der Waals surface area contributed by atoms with E-state index in [4.69, 9.17) is 0 Å². The molecule has 2 aromatic heterocycles. The largest absolute Gasteiger partial charge is 0.503 e. The Hall–Kier alpha value is -3.07. The van der Waals surface area contributed by atoms with Crippen LogP contribution in [0.4, 0.5) is 4.39 Å². The molecule has 1 aliphatic rings. The number of pyridine rings is 1. The predicted octanol–water partition coefficient (Wildman–Crippen LogP) is 2.67. The number of benzene rings is 1. The molecule has 3 aromatic rings. The molecule has 150 valence electrons. The summed E-state index contributed by atoms with van der Waals surface area (Å²) >= 11 is 1.23. The normalized spacial score (nSPS) is 13.8. The maximum absolute atomic E-state index is 13.1. The quantitative estimate of drug-likeness (QED) is 0.709. The molecular weight excluding hydrogens is 395 g/mol. The first-order valence-corrected chi connectivity index (χ1v) is 10.0. The lowest BCUT2D eigenvalue weighted by atomic mass is 10.1. The van der Waals surface area contributed by atoms with Gasteiger partial charge in [-0.15, -0.1) is 10.2 Å². The highest BCUT2D eigenvalue weighted by molar-refractivity contribution is 7.14. The van der Waals surface area contributed by atoms with Crippen molar-refractivity contribution >= 4 is 17.2 Å². The lowest BCUT2D eigenvalue weighted by Crippen LogP contribution is -2.45. The molecule has 0 bridgehead atoms. The second-order valence-corrected chi connectivity index (χ2v) is 8.22. The molecule has 1 aromatic carbocycles. The molecule has 0 aliphatic carbocycles. The van der Waals surface area contributed by atoms with Gasteiger partial charge in [-0.2, -0.15) is 0 Å². The highest BCUT2D eigenvalue weighted by Gasteiger charge is 2.31. The second kappa shape index (κ2) is 7.40. The Morgan fingerprint density at radius 1 is 1.17 bits per heavy atom. The molecule has 3 heterocycles. The first kappa shape index (κ1) is 19.3. The fourth-order valence-electron chi connectivity index (χ4n) is 3.36. The Kier molecular flexibility index (Phi) is 4.91. The van der Waals surface area contributed by atoms with Gasteiger partial charge in [0.2, 0.25) is 5.43 Å². The van der Waals surface area contributed by atoms with Gasteiger partial charge in [-0.05, 0) is 31.5 Å². The van der Waals surface area contributed by atoms with Gasteiger partial charge in [0.1, 0.15) is 10.8 Å². The lowest BCUT2D eigenvalue weighted by Gasteiger charge is -2.33. The Morgan fingerprint density at radius 2 is 1.90 bits per heavy atom. The summed E-state index contributed by atoms with van der Waals surface area (Å²) in [6, 6.07) is 6.07. The van der Waals surface area contributed by atoms with Gasteiger partial charge in [0.05, 0.1) is 5.56 Å². The zero-order chi connectivity index (χ0) is 20.7. The van der Waals surface area contributed by atoms with E-state index in [-0.39, 0.29) is 29.0 Å². The SMILES string of the molecule is CC(C)N1CCn2cc(-c3nnc(Cc4ccc(F)cc4)s3)c(=O)c(O)c2C1=O. The summed E-state index contributed by atoms with van der Waals surface area (Å²) in [6.07, 6.45) is 2.02. The first-order chi connectivity index (χ1) is 13.8. The summed E-state index contributed by atoms with van der Waals surface area (Å²) in [6.45, 7) is 4.75. The van der Waals surface area contributed by atoms with Crippen molar-refractivity contribution in [3.63, 3.8) is 0 Å². The van der Waals surface area contributed by atoms with Gasteiger partial charge >= 0.3 is 0 Å². The van der Waals surface area contributed by atoms with Crippen molar-refractivity contribution in [2.45, 2.75) is 32.9 Å². The van der Waals surface area contributed by atoms with E-state index in [1.165, 1.54) is 23.5 Å². The molecular formula is C20H19FN4O3S. The third kappa shape index (κ3) is 3.53. The van der Waals surface area contributed by atoms with Crippen molar-refractivity contribution in [3.05, 3.63) is 62.8 Å². The Morgan fingerprint density at radius 3 is 2.59 bits per heavy atom. The maximum Gasteiger partial charge on any atom is 0.274 e. The van der Waals surface area contributed by atoms with Crippen molar-refractivity contribution in [2.24, 2.45) is 0 Å². The summed E-state index contributed by atoms with van der Waals surface area (Å²) in [5, 5.41) is 19.7. The molecule has 7 nitrogen and oxygen atoms in total.